The number of carbonyl (C=O) groups excluding carboxylic acids is 1. The Morgan fingerprint density at radius 3 is 2.64 bits per heavy atom. The van der Waals surface area contributed by atoms with Crippen molar-refractivity contribution in [2.75, 3.05) is 5.32 Å². The summed E-state index contributed by atoms with van der Waals surface area (Å²) in [6.07, 6.45) is 8.41. The van der Waals surface area contributed by atoms with Crippen LogP contribution in [0, 0.1) is 11.6 Å². The van der Waals surface area contributed by atoms with E-state index >= 15 is 0 Å². The first-order chi connectivity index (χ1) is 10.6. The lowest BCUT2D eigenvalue weighted by molar-refractivity contribution is -0.684. The van der Waals surface area contributed by atoms with Gasteiger partial charge in [0.05, 0.1) is 0 Å². The zero-order chi connectivity index (χ0) is 15.5. The fourth-order valence-electron chi connectivity index (χ4n) is 2.76. The summed E-state index contributed by atoms with van der Waals surface area (Å²) in [5.74, 6) is -2.17. The van der Waals surface area contributed by atoms with Gasteiger partial charge in [0, 0.05) is 23.4 Å². The molecule has 0 saturated heterocycles. The van der Waals surface area contributed by atoms with E-state index in [0.717, 1.165) is 25.0 Å². The lowest BCUT2D eigenvalue weighted by atomic mass is 9.93. The third-order valence-corrected chi connectivity index (χ3v) is 3.87. The smallest absolute Gasteiger partial charge is 0.290 e. The molecule has 1 aliphatic rings. The van der Waals surface area contributed by atoms with Crippen molar-refractivity contribution in [1.29, 1.82) is 0 Å². The van der Waals surface area contributed by atoms with E-state index in [4.69, 9.17) is 0 Å². The van der Waals surface area contributed by atoms with Crippen molar-refractivity contribution >= 4 is 11.6 Å². The van der Waals surface area contributed by atoms with Gasteiger partial charge in [0.25, 0.3) is 5.91 Å². The van der Waals surface area contributed by atoms with Crippen molar-refractivity contribution in [2.45, 2.75) is 32.2 Å². The fraction of sp³-hybridized carbons (Fsp3) is 0.294. The van der Waals surface area contributed by atoms with Crippen LogP contribution >= 0.6 is 0 Å². The summed E-state index contributed by atoms with van der Waals surface area (Å²) in [5.41, 5.74) is 2.89. The molecule has 3 rings (SSSR count). The first kappa shape index (κ1) is 14.6. The predicted molar refractivity (Wildman–Crippen MR) is 78.3 cm³/mol. The van der Waals surface area contributed by atoms with Gasteiger partial charge in [-0.15, -0.1) is 0 Å². The topological polar surface area (TPSA) is 33.0 Å². The van der Waals surface area contributed by atoms with Crippen molar-refractivity contribution in [3.63, 3.8) is 0 Å². The molecule has 0 unspecified atom stereocenters. The maximum Gasteiger partial charge on any atom is 0.290 e. The summed E-state index contributed by atoms with van der Waals surface area (Å²) in [4.78, 5) is 12.0. The highest BCUT2D eigenvalue weighted by atomic mass is 19.2. The Kier molecular flexibility index (Phi) is 4.13. The van der Waals surface area contributed by atoms with E-state index in [1.807, 2.05) is 17.0 Å². The van der Waals surface area contributed by atoms with Crippen LogP contribution in [0.25, 0.3) is 0 Å². The third-order valence-electron chi connectivity index (χ3n) is 3.87. The lowest BCUT2D eigenvalue weighted by Gasteiger charge is -2.13. The Bertz CT molecular complexity index is 716. The molecule has 1 amide bonds. The van der Waals surface area contributed by atoms with Gasteiger partial charge in [0.2, 0.25) is 6.54 Å². The van der Waals surface area contributed by atoms with Crippen molar-refractivity contribution in [3.05, 3.63) is 59.4 Å². The minimum Gasteiger partial charge on any atom is -0.320 e. The van der Waals surface area contributed by atoms with E-state index in [1.54, 1.807) is 0 Å². The lowest BCUT2D eigenvalue weighted by Crippen LogP contribution is -2.40. The number of fused-ring (bicyclic) bond motifs is 1. The standard InChI is InChI=1S/C17H16F2N2O/c18-15-6-5-14(9-16(15)19)20-17(22)11-21-8-7-12-3-1-2-4-13(12)10-21/h5-10H,1-4,11H2/p+1. The van der Waals surface area contributed by atoms with Gasteiger partial charge < -0.3 is 5.32 Å². The number of hydrogen-bond donors (Lipinski definition) is 1. The first-order valence-corrected chi connectivity index (χ1v) is 7.37. The Labute approximate surface area is 127 Å². The molecule has 0 bridgehead atoms. The van der Waals surface area contributed by atoms with Gasteiger partial charge in [0.15, 0.2) is 24.0 Å². The van der Waals surface area contributed by atoms with Crippen LogP contribution in [0.4, 0.5) is 14.5 Å². The number of pyridine rings is 1. The number of aryl methyl sites for hydroxylation is 2. The van der Waals surface area contributed by atoms with Crippen LogP contribution in [0.5, 0.6) is 0 Å². The molecule has 1 heterocycles. The van der Waals surface area contributed by atoms with Gasteiger partial charge in [-0.1, -0.05) is 0 Å². The summed E-state index contributed by atoms with van der Waals surface area (Å²) < 4.78 is 27.8. The number of carbonyl (C=O) groups is 1. The molecule has 114 valence electrons. The van der Waals surface area contributed by atoms with Gasteiger partial charge in [0.1, 0.15) is 0 Å². The molecule has 1 aromatic heterocycles. The van der Waals surface area contributed by atoms with Gasteiger partial charge >= 0.3 is 0 Å². The molecule has 0 aliphatic heterocycles. The maximum atomic E-state index is 13.1. The molecule has 1 aliphatic carbocycles. The van der Waals surface area contributed by atoms with Crippen molar-refractivity contribution in [2.24, 2.45) is 0 Å². The highest BCUT2D eigenvalue weighted by Gasteiger charge is 2.16. The van der Waals surface area contributed by atoms with Crippen LogP contribution in [0.3, 0.4) is 0 Å². The highest BCUT2D eigenvalue weighted by molar-refractivity contribution is 5.89. The fourth-order valence-corrected chi connectivity index (χ4v) is 2.76. The second kappa shape index (κ2) is 6.22. The molecule has 1 aromatic carbocycles. The Balaban J connectivity index is 1.67. The van der Waals surface area contributed by atoms with Gasteiger partial charge in [-0.2, -0.15) is 4.57 Å². The largest absolute Gasteiger partial charge is 0.320 e. The van der Waals surface area contributed by atoms with E-state index in [0.29, 0.717) is 0 Å². The second-order valence-corrected chi connectivity index (χ2v) is 5.55. The monoisotopic (exact) mass is 303 g/mol. The van der Waals surface area contributed by atoms with Crippen LogP contribution in [0.1, 0.15) is 24.0 Å². The predicted octanol–water partition coefficient (Wildman–Crippen LogP) is 2.77. The normalized spacial score (nSPS) is 13.5. The van der Waals surface area contributed by atoms with E-state index in [1.165, 1.54) is 30.0 Å². The zero-order valence-corrected chi connectivity index (χ0v) is 12.1. The molecular formula is C17H17F2N2O+. The molecule has 3 nitrogen and oxygen atoms in total. The van der Waals surface area contributed by atoms with Crippen LogP contribution in [0.15, 0.2) is 36.7 Å². The highest BCUT2D eigenvalue weighted by Crippen LogP contribution is 2.18. The molecule has 5 heteroatoms. The Morgan fingerprint density at radius 2 is 1.86 bits per heavy atom. The van der Waals surface area contributed by atoms with E-state index in [9.17, 15) is 13.6 Å². The summed E-state index contributed by atoms with van der Waals surface area (Å²) >= 11 is 0. The quantitative estimate of drug-likeness (QED) is 0.869. The van der Waals surface area contributed by atoms with Crippen molar-refractivity contribution < 1.29 is 18.1 Å². The van der Waals surface area contributed by atoms with E-state index in [-0.39, 0.29) is 18.1 Å². The van der Waals surface area contributed by atoms with E-state index < -0.39 is 11.6 Å². The number of nitrogens with zero attached hydrogens (tertiary/aromatic N) is 1. The van der Waals surface area contributed by atoms with Crippen LogP contribution in [-0.2, 0) is 24.2 Å². The number of amides is 1. The van der Waals surface area contributed by atoms with Crippen LogP contribution < -0.4 is 9.88 Å². The number of nitrogens with one attached hydrogen (secondary N) is 1. The maximum absolute atomic E-state index is 13.1. The van der Waals surface area contributed by atoms with Crippen LogP contribution in [0.2, 0.25) is 0 Å². The second-order valence-electron chi connectivity index (χ2n) is 5.55. The minimum absolute atomic E-state index is 0.145. The first-order valence-electron chi connectivity index (χ1n) is 7.37. The molecule has 0 radical (unpaired) electrons. The van der Waals surface area contributed by atoms with Gasteiger partial charge in [-0.25, -0.2) is 8.78 Å². The third kappa shape index (κ3) is 3.30. The minimum atomic E-state index is -0.973. The summed E-state index contributed by atoms with van der Waals surface area (Å²) in [6, 6.07) is 5.37. The summed E-state index contributed by atoms with van der Waals surface area (Å²) in [5, 5.41) is 2.57. The van der Waals surface area contributed by atoms with E-state index in [2.05, 4.69) is 11.4 Å². The number of anilines is 1. The molecule has 0 fully saturated rings. The summed E-state index contributed by atoms with van der Waals surface area (Å²) in [7, 11) is 0. The SMILES string of the molecule is O=C(C[n+]1ccc2c(c1)CCCC2)Nc1ccc(F)c(F)c1. The van der Waals surface area contributed by atoms with Gasteiger partial charge in [-0.3, -0.25) is 4.79 Å². The number of halogens is 2. The molecule has 1 N–H and O–H groups in total. The Hall–Kier alpha value is -2.30. The average molecular weight is 303 g/mol. The van der Waals surface area contributed by atoms with Gasteiger partial charge in [-0.05, 0) is 43.4 Å². The molecule has 22 heavy (non-hydrogen) atoms. The molecular weight excluding hydrogens is 286 g/mol. The average Bonchev–Trinajstić information content (AvgIpc) is 2.51. The Morgan fingerprint density at radius 1 is 1.09 bits per heavy atom. The summed E-state index contributed by atoms with van der Waals surface area (Å²) in [6.45, 7) is 0.145. The molecule has 0 atom stereocenters. The molecule has 0 saturated carbocycles. The number of aromatic nitrogens is 1. The molecule has 2 aromatic rings. The number of hydrogen-bond acceptors (Lipinski definition) is 1. The number of benzene rings is 1. The molecule has 0 spiro atoms. The van der Waals surface area contributed by atoms with Crippen molar-refractivity contribution in [3.8, 4) is 0 Å². The number of rotatable bonds is 3. The van der Waals surface area contributed by atoms with Crippen molar-refractivity contribution in [1.82, 2.24) is 0 Å². The van der Waals surface area contributed by atoms with Crippen LogP contribution in [-0.4, -0.2) is 5.91 Å². The zero-order valence-electron chi connectivity index (χ0n) is 12.1.